The third kappa shape index (κ3) is 3.66. The lowest BCUT2D eigenvalue weighted by molar-refractivity contribution is -0.137. The number of hydrogen-bond donors (Lipinski definition) is 1. The second kappa shape index (κ2) is 5.73. The third-order valence-corrected chi connectivity index (χ3v) is 4.81. The van der Waals surface area contributed by atoms with Crippen molar-refractivity contribution in [2.24, 2.45) is 0 Å². The highest BCUT2D eigenvalue weighted by molar-refractivity contribution is 7.91. The van der Waals surface area contributed by atoms with E-state index >= 15 is 0 Å². The first-order valence-electron chi connectivity index (χ1n) is 5.85. The van der Waals surface area contributed by atoms with E-state index in [0.717, 1.165) is 29.7 Å². The van der Waals surface area contributed by atoms with E-state index < -0.39 is 27.5 Å². The number of carbonyl (C=O) groups excluding carboxylic acids is 1. The fourth-order valence-electron chi connectivity index (χ4n) is 1.69. The van der Waals surface area contributed by atoms with Gasteiger partial charge >= 0.3 is 6.18 Å². The van der Waals surface area contributed by atoms with Crippen molar-refractivity contribution in [2.45, 2.75) is 11.1 Å². The summed E-state index contributed by atoms with van der Waals surface area (Å²) in [4.78, 5) is 11.9. The Morgan fingerprint density at radius 1 is 1.23 bits per heavy atom. The number of halogens is 3. The maximum atomic E-state index is 12.6. The van der Waals surface area contributed by atoms with Gasteiger partial charge in [0.2, 0.25) is 0 Å². The minimum atomic E-state index is -4.56. The van der Waals surface area contributed by atoms with Crippen LogP contribution in [0.25, 0.3) is 0 Å². The number of amides is 1. The normalized spacial score (nSPS) is 12.2. The molecule has 0 atom stereocenters. The molecule has 0 aliphatic rings. The van der Waals surface area contributed by atoms with Crippen molar-refractivity contribution in [3.05, 3.63) is 46.8 Å². The fourth-order valence-corrected chi connectivity index (χ4v) is 3.76. The molecule has 1 aromatic heterocycles. The summed E-state index contributed by atoms with van der Waals surface area (Å²) in [6, 6.07) is 5.22. The van der Waals surface area contributed by atoms with Gasteiger partial charge in [-0.05, 0) is 29.6 Å². The van der Waals surface area contributed by atoms with Crippen LogP contribution in [-0.4, -0.2) is 20.6 Å². The molecule has 0 saturated heterocycles. The van der Waals surface area contributed by atoms with Crippen LogP contribution in [0, 0.1) is 0 Å². The smallest absolute Gasteiger partial charge is 0.312 e. The van der Waals surface area contributed by atoms with Gasteiger partial charge in [0.1, 0.15) is 9.90 Å². The molecule has 2 aromatic rings. The van der Waals surface area contributed by atoms with Gasteiger partial charge in [-0.3, -0.25) is 4.79 Å². The molecule has 1 amide bonds. The van der Waals surface area contributed by atoms with Crippen LogP contribution in [0.15, 0.2) is 40.6 Å². The third-order valence-electron chi connectivity index (χ3n) is 2.71. The molecule has 9 heteroatoms. The van der Waals surface area contributed by atoms with E-state index in [2.05, 4.69) is 5.32 Å². The van der Waals surface area contributed by atoms with Gasteiger partial charge < -0.3 is 5.32 Å². The van der Waals surface area contributed by atoms with Crippen molar-refractivity contribution < 1.29 is 26.4 Å². The Kier molecular flexibility index (Phi) is 4.30. The molecule has 0 spiro atoms. The number of nitrogens with one attached hydrogen (secondary N) is 1. The number of thiophene rings is 1. The fraction of sp³-hybridized carbons (Fsp3) is 0.154. The average molecular weight is 349 g/mol. The first-order valence-corrected chi connectivity index (χ1v) is 8.62. The standard InChI is InChI=1S/C13H10F3NO3S2/c1-22(19,20)10-5-6-21-12(10)17-11(18)8-3-2-4-9(7-8)13(14,15)16/h2-7H,1H3,(H,17,18). The second-order valence-corrected chi connectivity index (χ2v) is 7.32. The van der Waals surface area contributed by atoms with Crippen molar-refractivity contribution in [1.29, 1.82) is 0 Å². The lowest BCUT2D eigenvalue weighted by Gasteiger charge is -2.09. The predicted octanol–water partition coefficient (Wildman–Crippen LogP) is 3.42. The van der Waals surface area contributed by atoms with E-state index in [9.17, 15) is 26.4 Å². The van der Waals surface area contributed by atoms with Crippen molar-refractivity contribution in [3.8, 4) is 0 Å². The molecule has 0 radical (unpaired) electrons. The number of sulfone groups is 1. The molecule has 0 aliphatic heterocycles. The van der Waals surface area contributed by atoms with Gasteiger partial charge in [-0.1, -0.05) is 6.07 Å². The van der Waals surface area contributed by atoms with E-state index in [1.165, 1.54) is 17.5 Å². The summed E-state index contributed by atoms with van der Waals surface area (Å²) in [6.07, 6.45) is -3.58. The van der Waals surface area contributed by atoms with Crippen LogP contribution in [0.5, 0.6) is 0 Å². The first-order chi connectivity index (χ1) is 10.1. The molecule has 0 fully saturated rings. The van der Waals surface area contributed by atoms with Crippen molar-refractivity contribution in [2.75, 3.05) is 11.6 Å². The average Bonchev–Trinajstić information content (AvgIpc) is 2.86. The van der Waals surface area contributed by atoms with E-state index in [4.69, 9.17) is 0 Å². The minimum absolute atomic E-state index is 0.0715. The summed E-state index contributed by atoms with van der Waals surface area (Å²) in [5.74, 6) is -0.807. The van der Waals surface area contributed by atoms with Gasteiger partial charge in [0.15, 0.2) is 9.84 Å². The number of rotatable bonds is 3. The van der Waals surface area contributed by atoms with E-state index in [-0.39, 0.29) is 15.5 Å². The lowest BCUT2D eigenvalue weighted by atomic mass is 10.1. The number of carbonyl (C=O) groups is 1. The number of anilines is 1. The highest BCUT2D eigenvalue weighted by Crippen LogP contribution is 2.31. The summed E-state index contributed by atoms with van der Waals surface area (Å²) in [7, 11) is -3.53. The SMILES string of the molecule is CS(=O)(=O)c1ccsc1NC(=O)c1cccc(C(F)(F)F)c1. The summed E-state index contributed by atoms with van der Waals surface area (Å²) in [5.41, 5.74) is -1.16. The van der Waals surface area contributed by atoms with Crippen LogP contribution in [-0.2, 0) is 16.0 Å². The van der Waals surface area contributed by atoms with Gasteiger partial charge in [0, 0.05) is 11.8 Å². The monoisotopic (exact) mass is 349 g/mol. The molecule has 0 unspecified atom stereocenters. The summed E-state index contributed by atoms with van der Waals surface area (Å²) < 4.78 is 60.9. The van der Waals surface area contributed by atoms with Gasteiger partial charge in [0.25, 0.3) is 5.91 Å². The lowest BCUT2D eigenvalue weighted by Crippen LogP contribution is -2.14. The van der Waals surface area contributed by atoms with Crippen LogP contribution in [0.2, 0.25) is 0 Å². The minimum Gasteiger partial charge on any atom is -0.312 e. The Balaban J connectivity index is 2.30. The summed E-state index contributed by atoms with van der Waals surface area (Å²) >= 11 is 0.976. The Bertz CT molecular complexity index is 810. The van der Waals surface area contributed by atoms with Crippen molar-refractivity contribution in [3.63, 3.8) is 0 Å². The molecule has 118 valence electrons. The first kappa shape index (κ1) is 16.5. The molecule has 1 aromatic carbocycles. The molecule has 22 heavy (non-hydrogen) atoms. The van der Waals surface area contributed by atoms with Crippen LogP contribution in [0.3, 0.4) is 0 Å². The Labute approximate surface area is 128 Å². The molecular weight excluding hydrogens is 339 g/mol. The Hall–Kier alpha value is -1.87. The molecule has 2 rings (SSSR count). The quantitative estimate of drug-likeness (QED) is 0.923. The second-order valence-electron chi connectivity index (χ2n) is 4.42. The van der Waals surface area contributed by atoms with Gasteiger partial charge in [0.05, 0.1) is 5.56 Å². The zero-order chi connectivity index (χ0) is 16.5. The number of benzene rings is 1. The molecule has 1 heterocycles. The molecular formula is C13H10F3NO3S2. The van der Waals surface area contributed by atoms with Crippen molar-refractivity contribution >= 4 is 32.1 Å². The van der Waals surface area contributed by atoms with Crippen LogP contribution in [0.4, 0.5) is 18.2 Å². The van der Waals surface area contributed by atoms with Crippen LogP contribution < -0.4 is 5.32 Å². The highest BCUT2D eigenvalue weighted by Gasteiger charge is 2.31. The zero-order valence-electron chi connectivity index (χ0n) is 11.1. The molecule has 0 saturated carbocycles. The van der Waals surface area contributed by atoms with Crippen molar-refractivity contribution in [1.82, 2.24) is 0 Å². The summed E-state index contributed by atoms with van der Waals surface area (Å²) in [5, 5.41) is 3.87. The maximum Gasteiger partial charge on any atom is 0.416 e. The number of hydrogen-bond acceptors (Lipinski definition) is 4. The molecule has 0 bridgehead atoms. The largest absolute Gasteiger partial charge is 0.416 e. The van der Waals surface area contributed by atoms with E-state index in [1.807, 2.05) is 0 Å². The number of alkyl halides is 3. The summed E-state index contributed by atoms with van der Waals surface area (Å²) in [6.45, 7) is 0. The maximum absolute atomic E-state index is 12.6. The van der Waals surface area contributed by atoms with Crippen LogP contribution in [0.1, 0.15) is 15.9 Å². The highest BCUT2D eigenvalue weighted by atomic mass is 32.2. The molecule has 4 nitrogen and oxygen atoms in total. The molecule has 1 N–H and O–H groups in total. The zero-order valence-corrected chi connectivity index (χ0v) is 12.8. The van der Waals surface area contributed by atoms with Gasteiger partial charge in [-0.15, -0.1) is 11.3 Å². The van der Waals surface area contributed by atoms with E-state index in [0.29, 0.717) is 6.07 Å². The predicted molar refractivity (Wildman–Crippen MR) is 76.8 cm³/mol. The Morgan fingerprint density at radius 2 is 1.91 bits per heavy atom. The van der Waals surface area contributed by atoms with E-state index in [1.54, 1.807) is 0 Å². The van der Waals surface area contributed by atoms with Gasteiger partial charge in [-0.25, -0.2) is 8.42 Å². The molecule has 0 aliphatic carbocycles. The van der Waals surface area contributed by atoms with Gasteiger partial charge in [-0.2, -0.15) is 13.2 Å². The Morgan fingerprint density at radius 3 is 2.50 bits per heavy atom. The van der Waals surface area contributed by atoms with Crippen LogP contribution >= 0.6 is 11.3 Å². The topological polar surface area (TPSA) is 63.2 Å².